The van der Waals surface area contributed by atoms with Crippen LogP contribution in [-0.4, -0.2) is 83.1 Å². The van der Waals surface area contributed by atoms with Crippen LogP contribution in [-0.2, 0) is 17.8 Å². The van der Waals surface area contributed by atoms with Crippen molar-refractivity contribution in [3.63, 3.8) is 0 Å². The molecule has 0 spiro atoms. The molecule has 4 heterocycles. The molecule has 9 heteroatoms. The zero-order valence-corrected chi connectivity index (χ0v) is 25.8. The van der Waals surface area contributed by atoms with E-state index in [1.165, 1.54) is 34.5 Å². The van der Waals surface area contributed by atoms with Gasteiger partial charge in [0.15, 0.2) is 0 Å². The number of nitrogens with zero attached hydrogens (tertiary/aromatic N) is 7. The number of benzene rings is 2. The van der Waals surface area contributed by atoms with E-state index in [9.17, 15) is 10.1 Å². The van der Waals surface area contributed by atoms with E-state index in [0.29, 0.717) is 38.2 Å². The van der Waals surface area contributed by atoms with Crippen molar-refractivity contribution in [3.05, 3.63) is 65.9 Å². The minimum atomic E-state index is -0.227. The van der Waals surface area contributed by atoms with Crippen LogP contribution < -0.4 is 14.5 Å². The first-order chi connectivity index (χ1) is 21.4. The Morgan fingerprint density at radius 3 is 2.68 bits per heavy atom. The van der Waals surface area contributed by atoms with E-state index < -0.39 is 0 Å². The molecule has 0 unspecified atom stereocenters. The van der Waals surface area contributed by atoms with Gasteiger partial charge in [-0.3, -0.25) is 9.69 Å². The number of likely N-dealkylation sites (N-methyl/N-ethyl adjacent to an activating group) is 1. The van der Waals surface area contributed by atoms with Crippen molar-refractivity contribution in [2.45, 2.75) is 69.7 Å². The van der Waals surface area contributed by atoms with Crippen molar-refractivity contribution in [1.29, 1.82) is 5.26 Å². The number of fused-ring (bicyclic) bond motifs is 2. The molecule has 2 aromatic carbocycles. The Balaban J connectivity index is 1.26. The van der Waals surface area contributed by atoms with E-state index in [2.05, 4.69) is 77.7 Å². The summed E-state index contributed by atoms with van der Waals surface area (Å²) < 4.78 is 6.81. The number of ether oxygens (including phenoxy) is 1. The second kappa shape index (κ2) is 11.4. The van der Waals surface area contributed by atoms with E-state index in [-0.39, 0.29) is 24.0 Å². The van der Waals surface area contributed by atoms with Crippen molar-refractivity contribution in [2.24, 2.45) is 0 Å². The molecular formula is C35H41N7O2. The Labute approximate surface area is 259 Å². The molecular weight excluding hydrogens is 550 g/mol. The maximum atomic E-state index is 12.6. The predicted molar refractivity (Wildman–Crippen MR) is 172 cm³/mol. The van der Waals surface area contributed by atoms with Gasteiger partial charge in [0.25, 0.3) is 0 Å². The lowest BCUT2D eigenvalue weighted by atomic mass is 9.99. The Morgan fingerprint density at radius 2 is 1.95 bits per heavy atom. The molecule has 4 aliphatic rings. The summed E-state index contributed by atoms with van der Waals surface area (Å²) in [6, 6.07) is 15.9. The lowest BCUT2D eigenvalue weighted by Gasteiger charge is -2.42. The van der Waals surface area contributed by atoms with Crippen LogP contribution in [0.3, 0.4) is 0 Å². The monoisotopic (exact) mass is 591 g/mol. The Hall–Kier alpha value is -4.16. The number of likely N-dealkylation sites (tertiary alicyclic amines) is 1. The fourth-order valence-corrected chi connectivity index (χ4v) is 7.79. The Bertz CT molecular complexity index is 1640. The van der Waals surface area contributed by atoms with Crippen LogP contribution >= 0.6 is 0 Å². The third kappa shape index (κ3) is 5.05. The van der Waals surface area contributed by atoms with Gasteiger partial charge in [0, 0.05) is 48.9 Å². The number of hydrogen-bond acceptors (Lipinski definition) is 8. The fraction of sp³-hybridized carbons (Fsp3) is 0.486. The Morgan fingerprint density at radius 1 is 1.14 bits per heavy atom. The summed E-state index contributed by atoms with van der Waals surface area (Å²) in [6.45, 7) is 10.2. The largest absolute Gasteiger partial charge is 0.455 e. The molecule has 1 aliphatic carbocycles. The molecule has 0 N–H and O–H groups in total. The van der Waals surface area contributed by atoms with Crippen LogP contribution in [0.4, 0.5) is 11.5 Å². The zero-order chi connectivity index (χ0) is 30.4. The number of anilines is 2. The highest BCUT2D eigenvalue weighted by Gasteiger charge is 2.55. The highest BCUT2D eigenvalue weighted by molar-refractivity contribution is 5.97. The van der Waals surface area contributed by atoms with Crippen LogP contribution in [0.25, 0.3) is 10.8 Å². The number of nitriles is 1. The molecule has 3 aliphatic heterocycles. The molecule has 228 valence electrons. The number of carbonyl (C=O) groups excluding carboxylic acids is 1. The molecule has 3 fully saturated rings. The average molecular weight is 592 g/mol. The molecule has 3 aromatic rings. The number of carbonyl (C=O) groups is 1. The highest BCUT2D eigenvalue weighted by atomic mass is 16.5. The minimum absolute atomic E-state index is 0.129. The average Bonchev–Trinajstić information content (AvgIpc) is 3.68. The maximum absolute atomic E-state index is 12.6. The third-order valence-corrected chi connectivity index (χ3v) is 10.2. The summed E-state index contributed by atoms with van der Waals surface area (Å²) in [7, 11) is 2.20. The summed E-state index contributed by atoms with van der Waals surface area (Å²) in [4.78, 5) is 31.8. The van der Waals surface area contributed by atoms with Crippen molar-refractivity contribution in [1.82, 2.24) is 19.8 Å². The first-order valence-electron chi connectivity index (χ1n) is 16.0. The quantitative estimate of drug-likeness (QED) is 0.368. The molecule has 1 saturated carbocycles. The summed E-state index contributed by atoms with van der Waals surface area (Å²) in [5.74, 6) is 0.763. The predicted octanol–water partition coefficient (Wildman–Crippen LogP) is 4.62. The number of rotatable bonds is 7. The van der Waals surface area contributed by atoms with Gasteiger partial charge >= 0.3 is 6.01 Å². The SMILES string of the molecule is C=CC(=O)N1CCN(c2nc(OC3([C@H]4CCCN4C)CC3)nc3c2CCN(c2cccc4cccc(C)c24)C3)C[C@@H]1CC#N. The number of hydrogen-bond donors (Lipinski definition) is 0. The third-order valence-electron chi connectivity index (χ3n) is 10.2. The molecule has 0 bridgehead atoms. The summed E-state index contributed by atoms with van der Waals surface area (Å²) in [5.41, 5.74) is 4.41. The van der Waals surface area contributed by atoms with E-state index in [1.807, 2.05) is 0 Å². The highest BCUT2D eigenvalue weighted by Crippen LogP contribution is 2.48. The molecule has 0 radical (unpaired) electrons. The maximum Gasteiger partial charge on any atom is 0.319 e. The van der Waals surface area contributed by atoms with E-state index in [0.717, 1.165) is 55.8 Å². The number of piperazine rings is 1. The zero-order valence-electron chi connectivity index (χ0n) is 25.8. The molecule has 7 rings (SSSR count). The second-order valence-corrected chi connectivity index (χ2v) is 12.9. The molecule has 2 saturated heterocycles. The van der Waals surface area contributed by atoms with Gasteiger partial charge in [-0.1, -0.05) is 36.9 Å². The van der Waals surface area contributed by atoms with E-state index in [1.54, 1.807) is 4.90 Å². The van der Waals surface area contributed by atoms with Crippen LogP contribution in [0.15, 0.2) is 49.1 Å². The van der Waals surface area contributed by atoms with Crippen molar-refractivity contribution >= 4 is 28.2 Å². The first-order valence-corrected chi connectivity index (χ1v) is 16.0. The summed E-state index contributed by atoms with van der Waals surface area (Å²) >= 11 is 0. The normalized spacial score (nSPS) is 22.9. The van der Waals surface area contributed by atoms with Crippen molar-refractivity contribution < 1.29 is 9.53 Å². The minimum Gasteiger partial charge on any atom is -0.455 e. The van der Waals surface area contributed by atoms with Gasteiger partial charge < -0.3 is 19.4 Å². The van der Waals surface area contributed by atoms with Crippen molar-refractivity contribution in [2.75, 3.05) is 49.6 Å². The standard InChI is InChI=1S/C35H41N7O2/c1-4-31(43)42-21-20-41(22-26(42)13-17-36)33-27-14-19-40(29-11-6-10-25-9-5-8-24(2)32(25)29)23-28(27)37-34(38-33)44-35(15-16-35)30-12-7-18-39(30)3/h4-6,8-11,26,30H,1,7,12-16,18-23H2,2-3H3/t26-,30+/m0/s1. The van der Waals surface area contributed by atoms with E-state index >= 15 is 0 Å². The number of aromatic nitrogens is 2. The van der Waals surface area contributed by atoms with Gasteiger partial charge in [-0.15, -0.1) is 0 Å². The van der Waals surface area contributed by atoms with Gasteiger partial charge in [-0.05, 0) is 75.7 Å². The van der Waals surface area contributed by atoms with Gasteiger partial charge in [0.1, 0.15) is 11.4 Å². The van der Waals surface area contributed by atoms with Gasteiger partial charge in [-0.2, -0.15) is 15.2 Å². The lowest BCUT2D eigenvalue weighted by molar-refractivity contribution is -0.128. The smallest absolute Gasteiger partial charge is 0.319 e. The second-order valence-electron chi connectivity index (χ2n) is 12.9. The number of amides is 1. The lowest BCUT2D eigenvalue weighted by Crippen LogP contribution is -2.55. The Kier molecular flexibility index (Phi) is 7.41. The fourth-order valence-electron chi connectivity index (χ4n) is 7.79. The molecule has 2 atom stereocenters. The van der Waals surface area contributed by atoms with Crippen LogP contribution in [0.5, 0.6) is 6.01 Å². The van der Waals surface area contributed by atoms with Crippen LogP contribution in [0.2, 0.25) is 0 Å². The molecule has 9 nitrogen and oxygen atoms in total. The number of aryl methyl sites for hydroxylation is 1. The van der Waals surface area contributed by atoms with Gasteiger partial charge in [-0.25, -0.2) is 0 Å². The first kappa shape index (κ1) is 28.6. The van der Waals surface area contributed by atoms with Crippen molar-refractivity contribution in [3.8, 4) is 12.1 Å². The molecule has 44 heavy (non-hydrogen) atoms. The van der Waals surface area contributed by atoms with Crippen LogP contribution in [0, 0.1) is 18.3 Å². The summed E-state index contributed by atoms with van der Waals surface area (Å²) in [6.07, 6.45) is 6.78. The van der Waals surface area contributed by atoms with Gasteiger partial charge in [0.05, 0.1) is 30.8 Å². The van der Waals surface area contributed by atoms with E-state index in [4.69, 9.17) is 14.7 Å². The van der Waals surface area contributed by atoms with Crippen LogP contribution in [0.1, 0.15) is 48.9 Å². The van der Waals surface area contributed by atoms with Gasteiger partial charge in [0.2, 0.25) is 5.91 Å². The topological polar surface area (TPSA) is 88.8 Å². The summed E-state index contributed by atoms with van der Waals surface area (Å²) in [5, 5.41) is 12.1. The molecule has 1 aromatic heterocycles. The molecule has 1 amide bonds.